The largest absolute Gasteiger partial charge is 0.377 e. The van der Waals surface area contributed by atoms with Crippen LogP contribution in [0.5, 0.6) is 0 Å². The smallest absolute Gasteiger partial charge is 0.249 e. The highest BCUT2D eigenvalue weighted by Crippen LogP contribution is 2.42. The number of aryl methyl sites for hydroxylation is 1. The van der Waals surface area contributed by atoms with Gasteiger partial charge in [0.1, 0.15) is 11.6 Å². The number of H-pyrrole nitrogens is 1. The number of imidazole rings is 1. The monoisotopic (exact) mass is 471 g/mol. The molecule has 35 heavy (non-hydrogen) atoms. The normalized spacial score (nSPS) is 18.2. The van der Waals surface area contributed by atoms with E-state index in [1.165, 1.54) is 18.9 Å². The van der Waals surface area contributed by atoms with Gasteiger partial charge in [0.05, 0.1) is 19.3 Å². The minimum absolute atomic E-state index is 0.142. The summed E-state index contributed by atoms with van der Waals surface area (Å²) in [6, 6.07) is 13.2. The fourth-order valence-corrected chi connectivity index (χ4v) is 4.72. The molecule has 2 N–H and O–H groups in total. The number of anilines is 3. The highest BCUT2D eigenvalue weighted by atomic mass is 16.5. The summed E-state index contributed by atoms with van der Waals surface area (Å²) in [5.41, 5.74) is 3.44. The first kappa shape index (κ1) is 21.8. The van der Waals surface area contributed by atoms with Gasteiger partial charge in [-0.1, -0.05) is 6.07 Å². The lowest BCUT2D eigenvalue weighted by Gasteiger charge is -2.34. The number of benzene rings is 1. The Labute approximate surface area is 203 Å². The fourth-order valence-electron chi connectivity index (χ4n) is 4.72. The van der Waals surface area contributed by atoms with Gasteiger partial charge in [-0.05, 0) is 57.0 Å². The van der Waals surface area contributed by atoms with Crippen LogP contribution in [0.25, 0.3) is 22.6 Å². The second-order valence-electron chi connectivity index (χ2n) is 9.28. The van der Waals surface area contributed by atoms with E-state index in [4.69, 9.17) is 19.7 Å². The molecule has 2 fully saturated rings. The third-order valence-electron chi connectivity index (χ3n) is 6.69. The van der Waals surface area contributed by atoms with Gasteiger partial charge in [-0.3, -0.25) is 4.79 Å². The molecule has 0 bridgehead atoms. The number of fused-ring (bicyclic) bond motifs is 1. The average molecular weight is 472 g/mol. The summed E-state index contributed by atoms with van der Waals surface area (Å²) >= 11 is 0. The molecule has 1 atom stereocenters. The molecule has 6 rings (SSSR count). The zero-order valence-electron chi connectivity index (χ0n) is 20.0. The highest BCUT2D eigenvalue weighted by Gasteiger charge is 2.32. The number of aromatic nitrogens is 5. The van der Waals surface area contributed by atoms with Gasteiger partial charge < -0.3 is 24.5 Å². The van der Waals surface area contributed by atoms with Gasteiger partial charge in [0.2, 0.25) is 5.56 Å². The van der Waals surface area contributed by atoms with Crippen LogP contribution in [0.3, 0.4) is 0 Å². The molecule has 2 aliphatic rings. The topological polar surface area (TPSA) is 101 Å². The maximum Gasteiger partial charge on any atom is 0.249 e. The first-order valence-electron chi connectivity index (χ1n) is 12.3. The number of pyridine rings is 1. The zero-order chi connectivity index (χ0) is 23.9. The van der Waals surface area contributed by atoms with Crippen LogP contribution in [-0.2, 0) is 11.3 Å². The molecule has 1 aromatic carbocycles. The SMILES string of the molecule is CCn1c(C2CC2)nc2c(N3CCOCC3C)nc(-c3ccc(Nc4cccc(=O)[nH]4)cc3)nc21. The molecule has 1 aliphatic heterocycles. The molecule has 1 unspecified atom stereocenters. The van der Waals surface area contributed by atoms with Crippen molar-refractivity contribution in [1.82, 2.24) is 24.5 Å². The van der Waals surface area contributed by atoms with Gasteiger partial charge in [-0.2, -0.15) is 0 Å². The molecule has 4 aromatic rings. The minimum Gasteiger partial charge on any atom is -0.377 e. The first-order valence-corrected chi connectivity index (χ1v) is 12.3. The van der Waals surface area contributed by atoms with E-state index >= 15 is 0 Å². The van der Waals surface area contributed by atoms with Gasteiger partial charge >= 0.3 is 0 Å². The lowest BCUT2D eigenvalue weighted by atomic mass is 10.2. The van der Waals surface area contributed by atoms with Crippen LogP contribution in [-0.4, -0.2) is 50.3 Å². The van der Waals surface area contributed by atoms with Crippen molar-refractivity contribution < 1.29 is 4.74 Å². The molecule has 1 saturated carbocycles. The molecule has 1 saturated heterocycles. The minimum atomic E-state index is -0.142. The third kappa shape index (κ3) is 4.16. The van der Waals surface area contributed by atoms with Gasteiger partial charge in [-0.15, -0.1) is 0 Å². The van der Waals surface area contributed by atoms with E-state index in [9.17, 15) is 4.79 Å². The van der Waals surface area contributed by atoms with Crippen molar-refractivity contribution in [3.05, 3.63) is 58.6 Å². The van der Waals surface area contributed by atoms with E-state index in [-0.39, 0.29) is 11.6 Å². The van der Waals surface area contributed by atoms with Gasteiger partial charge in [0.15, 0.2) is 22.8 Å². The number of morpholine rings is 1. The number of rotatable bonds is 6. The number of nitrogens with zero attached hydrogens (tertiary/aromatic N) is 5. The van der Waals surface area contributed by atoms with Gasteiger partial charge in [-0.25, -0.2) is 15.0 Å². The highest BCUT2D eigenvalue weighted by molar-refractivity contribution is 5.87. The molecule has 0 spiro atoms. The van der Waals surface area contributed by atoms with Crippen LogP contribution in [0.15, 0.2) is 47.3 Å². The van der Waals surface area contributed by atoms with Crippen molar-refractivity contribution in [1.29, 1.82) is 0 Å². The molecule has 0 radical (unpaired) electrons. The summed E-state index contributed by atoms with van der Waals surface area (Å²) in [6.07, 6.45) is 2.38. The van der Waals surface area contributed by atoms with Crippen LogP contribution in [0, 0.1) is 0 Å². The maximum absolute atomic E-state index is 11.6. The van der Waals surface area contributed by atoms with E-state index in [0.29, 0.717) is 30.8 Å². The van der Waals surface area contributed by atoms with Gasteiger partial charge in [0, 0.05) is 36.3 Å². The summed E-state index contributed by atoms with van der Waals surface area (Å²) < 4.78 is 7.95. The Bertz CT molecular complexity index is 1420. The maximum atomic E-state index is 11.6. The Hall–Kier alpha value is -3.72. The second-order valence-corrected chi connectivity index (χ2v) is 9.28. The Morgan fingerprint density at radius 2 is 1.94 bits per heavy atom. The molecule has 9 heteroatoms. The number of hydrogen-bond acceptors (Lipinski definition) is 7. The quantitative estimate of drug-likeness (QED) is 0.438. The number of aromatic amines is 1. The predicted octanol–water partition coefficient (Wildman–Crippen LogP) is 4.05. The molecule has 0 amide bonds. The van der Waals surface area contributed by atoms with Crippen molar-refractivity contribution in [2.24, 2.45) is 0 Å². The lowest BCUT2D eigenvalue weighted by Crippen LogP contribution is -2.44. The molecular weight excluding hydrogens is 442 g/mol. The van der Waals surface area contributed by atoms with Crippen LogP contribution in [0.4, 0.5) is 17.3 Å². The van der Waals surface area contributed by atoms with E-state index in [0.717, 1.165) is 47.1 Å². The predicted molar refractivity (Wildman–Crippen MR) is 136 cm³/mol. The van der Waals surface area contributed by atoms with Crippen molar-refractivity contribution in [2.75, 3.05) is 30.0 Å². The second kappa shape index (κ2) is 8.81. The fraction of sp³-hybridized carbons (Fsp3) is 0.385. The summed E-state index contributed by atoms with van der Waals surface area (Å²) in [4.78, 5) is 31.8. The number of hydrogen-bond donors (Lipinski definition) is 2. The number of nitrogens with one attached hydrogen (secondary N) is 2. The van der Waals surface area contributed by atoms with E-state index in [2.05, 4.69) is 33.6 Å². The Kier molecular flexibility index (Phi) is 5.49. The van der Waals surface area contributed by atoms with Crippen molar-refractivity contribution in [3.63, 3.8) is 0 Å². The summed E-state index contributed by atoms with van der Waals surface area (Å²) in [5, 5.41) is 3.23. The average Bonchev–Trinajstić information content (AvgIpc) is 3.64. The van der Waals surface area contributed by atoms with Crippen LogP contribution >= 0.6 is 0 Å². The van der Waals surface area contributed by atoms with Crippen molar-refractivity contribution in [3.8, 4) is 11.4 Å². The van der Waals surface area contributed by atoms with Crippen LogP contribution in [0.2, 0.25) is 0 Å². The van der Waals surface area contributed by atoms with E-state index in [1.807, 2.05) is 30.3 Å². The summed E-state index contributed by atoms with van der Waals surface area (Å²) in [7, 11) is 0. The van der Waals surface area contributed by atoms with Crippen molar-refractivity contribution >= 4 is 28.5 Å². The Morgan fingerprint density at radius 1 is 1.11 bits per heavy atom. The molecular formula is C26H29N7O2. The zero-order valence-corrected chi connectivity index (χ0v) is 20.0. The number of ether oxygens (including phenoxy) is 1. The summed E-state index contributed by atoms with van der Waals surface area (Å²) in [5.74, 6) is 3.87. The molecule has 1 aliphatic carbocycles. The van der Waals surface area contributed by atoms with E-state index in [1.54, 1.807) is 6.07 Å². The summed E-state index contributed by atoms with van der Waals surface area (Å²) in [6.45, 7) is 7.28. The molecule has 180 valence electrons. The van der Waals surface area contributed by atoms with Crippen LogP contribution in [0.1, 0.15) is 38.4 Å². The molecule has 4 heterocycles. The Morgan fingerprint density at radius 3 is 2.66 bits per heavy atom. The molecule has 9 nitrogen and oxygen atoms in total. The first-order chi connectivity index (χ1) is 17.1. The lowest BCUT2D eigenvalue weighted by molar-refractivity contribution is 0.0987. The van der Waals surface area contributed by atoms with Crippen LogP contribution < -0.4 is 15.8 Å². The third-order valence-corrected chi connectivity index (χ3v) is 6.69. The van der Waals surface area contributed by atoms with Crippen molar-refractivity contribution in [2.45, 2.75) is 45.2 Å². The molecule has 3 aromatic heterocycles. The van der Waals surface area contributed by atoms with Gasteiger partial charge in [0.25, 0.3) is 0 Å². The van der Waals surface area contributed by atoms with E-state index < -0.39 is 0 Å². The standard InChI is InChI=1S/C26H29N7O2/c1-3-32-24(18-7-8-18)29-22-25(32)30-23(31-26(22)33-13-14-35-15-16(33)2)17-9-11-19(12-10-17)27-20-5-4-6-21(34)28-20/h4-6,9-12,16,18H,3,7-8,13-15H2,1-2H3,(H2,27,28,34). The Balaban J connectivity index is 1.42.